The molecule has 1 saturated carbocycles. The minimum Gasteiger partial charge on any atom is -0.445 e. The van der Waals surface area contributed by atoms with Crippen LogP contribution in [-0.2, 0) is 11.3 Å². The SMILES string of the molecule is C=CCC1(N(C)C(=O)OCc2ccccc2)CCCC1. The van der Waals surface area contributed by atoms with Gasteiger partial charge in [-0.25, -0.2) is 4.79 Å². The Labute approximate surface area is 121 Å². The van der Waals surface area contributed by atoms with Crippen molar-refractivity contribution in [3.63, 3.8) is 0 Å². The zero-order valence-electron chi connectivity index (χ0n) is 12.2. The van der Waals surface area contributed by atoms with E-state index in [1.165, 1.54) is 12.8 Å². The van der Waals surface area contributed by atoms with Gasteiger partial charge in [0.2, 0.25) is 0 Å². The average molecular weight is 273 g/mol. The summed E-state index contributed by atoms with van der Waals surface area (Å²) < 4.78 is 5.43. The molecule has 1 aliphatic rings. The highest BCUT2D eigenvalue weighted by Crippen LogP contribution is 2.38. The Bertz CT molecular complexity index is 449. The smallest absolute Gasteiger partial charge is 0.410 e. The maximum atomic E-state index is 12.3. The number of rotatable bonds is 5. The van der Waals surface area contributed by atoms with Crippen molar-refractivity contribution >= 4 is 6.09 Å². The Balaban J connectivity index is 1.95. The molecule has 1 amide bonds. The number of benzene rings is 1. The summed E-state index contributed by atoms with van der Waals surface area (Å²) in [6.07, 6.45) is 6.92. The van der Waals surface area contributed by atoms with Crippen LogP contribution in [0.1, 0.15) is 37.7 Å². The van der Waals surface area contributed by atoms with E-state index in [2.05, 4.69) is 6.58 Å². The van der Waals surface area contributed by atoms with E-state index in [1.807, 2.05) is 43.5 Å². The Morgan fingerprint density at radius 3 is 2.60 bits per heavy atom. The van der Waals surface area contributed by atoms with E-state index >= 15 is 0 Å². The van der Waals surface area contributed by atoms with Crippen LogP contribution in [0.2, 0.25) is 0 Å². The molecule has 1 aromatic carbocycles. The molecule has 0 heterocycles. The molecule has 3 nitrogen and oxygen atoms in total. The molecule has 0 atom stereocenters. The van der Waals surface area contributed by atoms with Crippen LogP contribution in [0.5, 0.6) is 0 Å². The van der Waals surface area contributed by atoms with Crippen molar-refractivity contribution in [2.24, 2.45) is 0 Å². The van der Waals surface area contributed by atoms with Gasteiger partial charge in [0.05, 0.1) is 0 Å². The minimum absolute atomic E-state index is 0.0878. The van der Waals surface area contributed by atoms with E-state index in [-0.39, 0.29) is 11.6 Å². The molecule has 0 radical (unpaired) electrons. The number of amides is 1. The van der Waals surface area contributed by atoms with Gasteiger partial charge in [-0.1, -0.05) is 49.2 Å². The van der Waals surface area contributed by atoms with Crippen LogP contribution in [0.3, 0.4) is 0 Å². The third kappa shape index (κ3) is 3.21. The first-order chi connectivity index (χ1) is 9.68. The fourth-order valence-corrected chi connectivity index (χ4v) is 2.99. The monoisotopic (exact) mass is 273 g/mol. The summed E-state index contributed by atoms with van der Waals surface area (Å²) in [4.78, 5) is 14.0. The van der Waals surface area contributed by atoms with E-state index in [0.717, 1.165) is 24.8 Å². The number of hydrogen-bond acceptors (Lipinski definition) is 2. The van der Waals surface area contributed by atoms with Crippen LogP contribution >= 0.6 is 0 Å². The van der Waals surface area contributed by atoms with E-state index in [1.54, 1.807) is 4.90 Å². The third-order valence-electron chi connectivity index (χ3n) is 4.25. The van der Waals surface area contributed by atoms with Crippen molar-refractivity contribution < 1.29 is 9.53 Å². The van der Waals surface area contributed by atoms with Gasteiger partial charge in [-0.15, -0.1) is 6.58 Å². The topological polar surface area (TPSA) is 29.5 Å². The molecule has 108 valence electrons. The quantitative estimate of drug-likeness (QED) is 0.754. The van der Waals surface area contributed by atoms with Crippen LogP contribution in [0, 0.1) is 0 Å². The molecule has 0 saturated heterocycles. The molecule has 2 rings (SSSR count). The van der Waals surface area contributed by atoms with Crippen molar-refractivity contribution in [3.8, 4) is 0 Å². The summed E-state index contributed by atoms with van der Waals surface area (Å²) in [5.74, 6) is 0. The first-order valence-electron chi connectivity index (χ1n) is 7.23. The maximum absolute atomic E-state index is 12.3. The lowest BCUT2D eigenvalue weighted by molar-refractivity contribution is 0.0612. The normalized spacial score (nSPS) is 16.6. The predicted molar refractivity (Wildman–Crippen MR) is 80.4 cm³/mol. The molecule has 0 bridgehead atoms. The van der Waals surface area contributed by atoms with E-state index < -0.39 is 0 Å². The summed E-state index contributed by atoms with van der Waals surface area (Å²) in [5.41, 5.74) is 0.925. The fraction of sp³-hybridized carbons (Fsp3) is 0.471. The Hall–Kier alpha value is -1.77. The molecule has 0 aromatic heterocycles. The summed E-state index contributed by atoms with van der Waals surface area (Å²) in [6.45, 7) is 4.15. The predicted octanol–water partition coefficient (Wildman–Crippen LogP) is 4.14. The Morgan fingerprint density at radius 2 is 2.00 bits per heavy atom. The van der Waals surface area contributed by atoms with Gasteiger partial charge in [0.1, 0.15) is 6.61 Å². The average Bonchev–Trinajstić information content (AvgIpc) is 2.95. The second kappa shape index (κ2) is 6.60. The number of carbonyl (C=O) groups is 1. The number of ether oxygens (including phenoxy) is 1. The summed E-state index contributed by atoms with van der Waals surface area (Å²) >= 11 is 0. The van der Waals surface area contributed by atoms with Gasteiger partial charge in [-0.2, -0.15) is 0 Å². The lowest BCUT2D eigenvalue weighted by Crippen LogP contribution is -2.47. The second-order valence-electron chi connectivity index (χ2n) is 5.52. The summed E-state index contributed by atoms with van der Waals surface area (Å²) in [6, 6.07) is 9.77. The van der Waals surface area contributed by atoms with Gasteiger partial charge in [-0.05, 0) is 24.8 Å². The Kier molecular flexibility index (Phi) is 4.83. The van der Waals surface area contributed by atoms with Crippen LogP contribution < -0.4 is 0 Å². The number of nitrogens with zero attached hydrogens (tertiary/aromatic N) is 1. The first kappa shape index (κ1) is 14.6. The second-order valence-corrected chi connectivity index (χ2v) is 5.52. The standard InChI is InChI=1S/C17H23NO2/c1-3-11-17(12-7-8-13-17)18(2)16(19)20-14-15-9-5-4-6-10-15/h3-6,9-10H,1,7-8,11-14H2,2H3. The van der Waals surface area contributed by atoms with E-state index in [9.17, 15) is 4.79 Å². The fourth-order valence-electron chi connectivity index (χ4n) is 2.99. The molecule has 3 heteroatoms. The number of hydrogen-bond donors (Lipinski definition) is 0. The summed E-state index contributed by atoms with van der Waals surface area (Å²) in [5, 5.41) is 0. The maximum Gasteiger partial charge on any atom is 0.410 e. The molecule has 1 aliphatic carbocycles. The minimum atomic E-state index is -0.238. The largest absolute Gasteiger partial charge is 0.445 e. The molecule has 1 aromatic rings. The summed E-state index contributed by atoms with van der Waals surface area (Å²) in [7, 11) is 1.85. The molecule has 1 fully saturated rings. The van der Waals surface area contributed by atoms with Crippen molar-refractivity contribution in [2.75, 3.05) is 7.05 Å². The van der Waals surface area contributed by atoms with Gasteiger partial charge in [-0.3, -0.25) is 0 Å². The van der Waals surface area contributed by atoms with Crippen molar-refractivity contribution in [1.82, 2.24) is 4.90 Å². The van der Waals surface area contributed by atoms with Gasteiger partial charge < -0.3 is 9.64 Å². The third-order valence-corrected chi connectivity index (χ3v) is 4.25. The molecule has 0 N–H and O–H groups in total. The zero-order valence-corrected chi connectivity index (χ0v) is 12.2. The van der Waals surface area contributed by atoms with Crippen LogP contribution in [0.15, 0.2) is 43.0 Å². The molecule has 0 unspecified atom stereocenters. The van der Waals surface area contributed by atoms with Gasteiger partial charge in [0.25, 0.3) is 0 Å². The Morgan fingerprint density at radius 1 is 1.35 bits per heavy atom. The van der Waals surface area contributed by atoms with Crippen molar-refractivity contribution in [2.45, 2.75) is 44.2 Å². The van der Waals surface area contributed by atoms with Gasteiger partial charge in [0.15, 0.2) is 0 Å². The highest BCUT2D eigenvalue weighted by Gasteiger charge is 2.39. The highest BCUT2D eigenvalue weighted by atomic mass is 16.6. The van der Waals surface area contributed by atoms with Crippen molar-refractivity contribution in [1.29, 1.82) is 0 Å². The van der Waals surface area contributed by atoms with Crippen molar-refractivity contribution in [3.05, 3.63) is 48.6 Å². The van der Waals surface area contributed by atoms with E-state index in [0.29, 0.717) is 6.61 Å². The van der Waals surface area contributed by atoms with Crippen LogP contribution in [-0.4, -0.2) is 23.6 Å². The van der Waals surface area contributed by atoms with Crippen LogP contribution in [0.4, 0.5) is 4.79 Å². The van der Waals surface area contributed by atoms with Gasteiger partial charge in [0, 0.05) is 12.6 Å². The van der Waals surface area contributed by atoms with Crippen LogP contribution in [0.25, 0.3) is 0 Å². The molecule has 20 heavy (non-hydrogen) atoms. The lowest BCUT2D eigenvalue weighted by Gasteiger charge is -2.37. The molecule has 0 aliphatic heterocycles. The van der Waals surface area contributed by atoms with E-state index in [4.69, 9.17) is 4.74 Å². The first-order valence-corrected chi connectivity index (χ1v) is 7.23. The molecular weight excluding hydrogens is 250 g/mol. The zero-order chi connectivity index (χ0) is 14.4. The molecular formula is C17H23NO2. The van der Waals surface area contributed by atoms with Gasteiger partial charge >= 0.3 is 6.09 Å². The lowest BCUT2D eigenvalue weighted by atomic mass is 9.92. The number of carbonyl (C=O) groups excluding carboxylic acids is 1. The molecule has 0 spiro atoms. The highest BCUT2D eigenvalue weighted by molar-refractivity contribution is 5.68.